The van der Waals surface area contributed by atoms with Gasteiger partial charge in [-0.3, -0.25) is 14.9 Å². The first-order valence-corrected chi connectivity index (χ1v) is 6.25. The Morgan fingerprint density at radius 2 is 2.35 bits per heavy atom. The van der Waals surface area contributed by atoms with Crippen LogP contribution in [0.1, 0.15) is 29.6 Å². The summed E-state index contributed by atoms with van der Waals surface area (Å²) in [5, 5.41) is 13.5. The fourth-order valence-electron chi connectivity index (χ4n) is 2.29. The fraction of sp³-hybridized carbons (Fsp3) is 0.500. The van der Waals surface area contributed by atoms with Gasteiger partial charge in [0.2, 0.25) is 0 Å². The molecule has 1 fully saturated rings. The molecule has 0 radical (unpaired) electrons. The summed E-state index contributed by atoms with van der Waals surface area (Å²) >= 11 is 0. The van der Waals surface area contributed by atoms with Crippen molar-refractivity contribution >= 4 is 17.4 Å². The summed E-state index contributed by atoms with van der Waals surface area (Å²) in [6.45, 7) is 0. The van der Waals surface area contributed by atoms with Gasteiger partial charge in [-0.25, -0.2) is 4.98 Å². The minimum Gasteiger partial charge on any atom is -0.383 e. The van der Waals surface area contributed by atoms with Gasteiger partial charge in [-0.2, -0.15) is 0 Å². The minimum atomic E-state index is -0.611. The smallest absolute Gasteiger partial charge is 0.288 e. The van der Waals surface area contributed by atoms with E-state index < -0.39 is 10.8 Å². The van der Waals surface area contributed by atoms with Crippen LogP contribution in [0.15, 0.2) is 12.3 Å². The number of nitrogens with zero attached hydrogens (tertiary/aromatic N) is 2. The zero-order chi connectivity index (χ0) is 14.7. The number of carbonyl (C=O) groups is 1. The van der Waals surface area contributed by atoms with E-state index in [0.717, 1.165) is 31.5 Å². The second-order valence-electron chi connectivity index (χ2n) is 4.72. The van der Waals surface area contributed by atoms with E-state index in [0.29, 0.717) is 0 Å². The van der Waals surface area contributed by atoms with Crippen LogP contribution in [0.5, 0.6) is 0 Å². The summed E-state index contributed by atoms with van der Waals surface area (Å²) in [4.78, 5) is 25.9. The van der Waals surface area contributed by atoms with Crippen LogP contribution in [-0.2, 0) is 4.74 Å². The van der Waals surface area contributed by atoms with Crippen LogP contribution in [0.25, 0.3) is 0 Å². The second kappa shape index (κ2) is 5.83. The molecule has 1 aromatic heterocycles. The van der Waals surface area contributed by atoms with Crippen molar-refractivity contribution in [3.8, 4) is 0 Å². The number of methoxy groups -OCH3 is 1. The average molecular weight is 280 g/mol. The molecule has 1 aromatic rings. The molecule has 8 nitrogen and oxygen atoms in total. The van der Waals surface area contributed by atoms with Gasteiger partial charge in [0.25, 0.3) is 11.6 Å². The number of hydrogen-bond acceptors (Lipinski definition) is 6. The van der Waals surface area contributed by atoms with Crippen molar-refractivity contribution in [2.24, 2.45) is 0 Å². The van der Waals surface area contributed by atoms with Crippen LogP contribution < -0.4 is 11.1 Å². The van der Waals surface area contributed by atoms with E-state index in [-0.39, 0.29) is 29.2 Å². The van der Waals surface area contributed by atoms with Gasteiger partial charge in [-0.15, -0.1) is 0 Å². The minimum absolute atomic E-state index is 0.00823. The highest BCUT2D eigenvalue weighted by Gasteiger charge is 2.27. The molecular weight excluding hydrogens is 264 g/mol. The number of nitro groups is 1. The molecule has 0 saturated heterocycles. The van der Waals surface area contributed by atoms with E-state index in [9.17, 15) is 14.9 Å². The Morgan fingerprint density at radius 3 is 2.95 bits per heavy atom. The van der Waals surface area contributed by atoms with Crippen LogP contribution in [0.4, 0.5) is 11.5 Å². The zero-order valence-corrected chi connectivity index (χ0v) is 11.0. The lowest BCUT2D eigenvalue weighted by Crippen LogP contribution is -2.34. The molecule has 3 N–H and O–H groups in total. The van der Waals surface area contributed by atoms with Crippen molar-refractivity contribution in [2.75, 3.05) is 12.8 Å². The summed E-state index contributed by atoms with van der Waals surface area (Å²) in [6.07, 6.45) is 3.59. The summed E-state index contributed by atoms with van der Waals surface area (Å²) in [6, 6.07) is 1.13. The predicted octanol–water partition coefficient (Wildman–Crippen LogP) is 0.869. The maximum atomic E-state index is 12.1. The van der Waals surface area contributed by atoms with E-state index in [4.69, 9.17) is 10.5 Å². The highest BCUT2D eigenvalue weighted by atomic mass is 16.6. The fourth-order valence-corrected chi connectivity index (χ4v) is 2.29. The highest BCUT2D eigenvalue weighted by Crippen LogP contribution is 2.23. The monoisotopic (exact) mass is 280 g/mol. The SMILES string of the molecule is COC1CCC(NC(=O)c2cc([N+](=O)[O-])cnc2N)C1. The first-order valence-electron chi connectivity index (χ1n) is 6.25. The number of anilines is 1. The Bertz CT molecular complexity index is 534. The number of ether oxygens (including phenoxy) is 1. The number of rotatable bonds is 4. The molecule has 0 spiro atoms. The lowest BCUT2D eigenvalue weighted by Gasteiger charge is -2.13. The molecule has 0 aliphatic heterocycles. The number of pyridine rings is 1. The van der Waals surface area contributed by atoms with Crippen LogP contribution >= 0.6 is 0 Å². The lowest BCUT2D eigenvalue weighted by atomic mass is 10.2. The molecule has 0 bridgehead atoms. The van der Waals surface area contributed by atoms with Crippen molar-refractivity contribution < 1.29 is 14.5 Å². The Labute approximate surface area is 115 Å². The molecular formula is C12H16N4O4. The molecule has 2 atom stereocenters. The van der Waals surface area contributed by atoms with Crippen molar-refractivity contribution in [1.82, 2.24) is 10.3 Å². The normalized spacial score (nSPS) is 21.6. The molecule has 1 saturated carbocycles. The van der Waals surface area contributed by atoms with E-state index >= 15 is 0 Å². The summed E-state index contributed by atoms with van der Waals surface area (Å²) in [5.74, 6) is -0.463. The Kier molecular flexibility index (Phi) is 4.14. The summed E-state index contributed by atoms with van der Waals surface area (Å²) in [5.41, 5.74) is 5.37. The van der Waals surface area contributed by atoms with E-state index in [1.54, 1.807) is 7.11 Å². The highest BCUT2D eigenvalue weighted by molar-refractivity contribution is 5.99. The molecule has 1 heterocycles. The summed E-state index contributed by atoms with van der Waals surface area (Å²) in [7, 11) is 1.64. The zero-order valence-electron chi connectivity index (χ0n) is 11.0. The van der Waals surface area contributed by atoms with Crippen molar-refractivity contribution in [1.29, 1.82) is 0 Å². The van der Waals surface area contributed by atoms with Crippen molar-refractivity contribution in [3.05, 3.63) is 27.9 Å². The maximum absolute atomic E-state index is 12.1. The Balaban J connectivity index is 2.09. The number of aromatic nitrogens is 1. The van der Waals surface area contributed by atoms with Crippen LogP contribution in [0, 0.1) is 10.1 Å². The first-order chi connectivity index (χ1) is 9.51. The Hall–Kier alpha value is -2.22. The van der Waals surface area contributed by atoms with Crippen LogP contribution in [0.2, 0.25) is 0 Å². The summed E-state index contributed by atoms with van der Waals surface area (Å²) < 4.78 is 5.23. The van der Waals surface area contributed by atoms with Gasteiger partial charge in [-0.05, 0) is 19.3 Å². The van der Waals surface area contributed by atoms with Gasteiger partial charge in [0.15, 0.2) is 0 Å². The van der Waals surface area contributed by atoms with Crippen LogP contribution in [0.3, 0.4) is 0 Å². The molecule has 2 unspecified atom stereocenters. The number of carbonyl (C=O) groups excluding carboxylic acids is 1. The third-order valence-electron chi connectivity index (χ3n) is 3.41. The largest absolute Gasteiger partial charge is 0.383 e. The molecule has 20 heavy (non-hydrogen) atoms. The van der Waals surface area contributed by atoms with Gasteiger partial charge in [0.1, 0.15) is 12.0 Å². The number of nitrogen functional groups attached to an aromatic ring is 1. The number of nitrogens with two attached hydrogens (primary N) is 1. The molecule has 1 aliphatic rings. The number of nitrogens with one attached hydrogen (secondary N) is 1. The molecule has 2 rings (SSSR count). The van der Waals surface area contributed by atoms with Gasteiger partial charge < -0.3 is 15.8 Å². The molecule has 1 aliphatic carbocycles. The molecule has 0 aromatic carbocycles. The quantitative estimate of drug-likeness (QED) is 0.623. The van der Waals surface area contributed by atoms with Crippen molar-refractivity contribution in [3.63, 3.8) is 0 Å². The van der Waals surface area contributed by atoms with Gasteiger partial charge in [-0.1, -0.05) is 0 Å². The third kappa shape index (κ3) is 3.02. The molecule has 8 heteroatoms. The van der Waals surface area contributed by atoms with E-state index in [2.05, 4.69) is 10.3 Å². The van der Waals surface area contributed by atoms with Crippen molar-refractivity contribution in [2.45, 2.75) is 31.4 Å². The van der Waals surface area contributed by atoms with Crippen LogP contribution in [-0.4, -0.2) is 35.1 Å². The second-order valence-corrected chi connectivity index (χ2v) is 4.72. The van der Waals surface area contributed by atoms with E-state index in [1.807, 2.05) is 0 Å². The number of amides is 1. The Morgan fingerprint density at radius 1 is 1.60 bits per heavy atom. The maximum Gasteiger partial charge on any atom is 0.288 e. The van der Waals surface area contributed by atoms with E-state index in [1.165, 1.54) is 0 Å². The third-order valence-corrected chi connectivity index (χ3v) is 3.41. The molecule has 1 amide bonds. The standard InChI is InChI=1S/C12H16N4O4/c1-20-9-3-2-7(4-9)15-12(17)10-5-8(16(18)19)6-14-11(10)13/h5-7,9H,2-4H2,1H3,(H2,13,14)(H,15,17). The first kappa shape index (κ1) is 14.2. The average Bonchev–Trinajstić information content (AvgIpc) is 2.86. The predicted molar refractivity (Wildman–Crippen MR) is 71.2 cm³/mol. The van der Waals surface area contributed by atoms with Gasteiger partial charge in [0, 0.05) is 19.2 Å². The molecule has 108 valence electrons. The van der Waals surface area contributed by atoms with Gasteiger partial charge in [0.05, 0.1) is 16.6 Å². The van der Waals surface area contributed by atoms with Gasteiger partial charge >= 0.3 is 0 Å². The topological polar surface area (TPSA) is 120 Å². The lowest BCUT2D eigenvalue weighted by molar-refractivity contribution is -0.385. The number of hydrogen-bond donors (Lipinski definition) is 2.